The number of hydrogen-bond donors (Lipinski definition) is 2. The van der Waals surface area contributed by atoms with E-state index < -0.39 is 0 Å². The predicted molar refractivity (Wildman–Crippen MR) is 87.1 cm³/mol. The second kappa shape index (κ2) is 6.77. The second-order valence-electron chi connectivity index (χ2n) is 4.91. The number of anilines is 1. The van der Waals surface area contributed by atoms with E-state index in [1.165, 1.54) is 11.3 Å². The molecule has 0 atom stereocenters. The van der Waals surface area contributed by atoms with Crippen LogP contribution in [0.25, 0.3) is 0 Å². The van der Waals surface area contributed by atoms with Crippen LogP contribution < -0.4 is 10.2 Å². The van der Waals surface area contributed by atoms with Gasteiger partial charge in [-0.3, -0.25) is 0 Å². The van der Waals surface area contributed by atoms with Gasteiger partial charge in [0.1, 0.15) is 5.75 Å². The summed E-state index contributed by atoms with van der Waals surface area (Å²) in [6.45, 7) is 1.42. The van der Waals surface area contributed by atoms with Crippen LogP contribution in [-0.2, 0) is 13.1 Å². The summed E-state index contributed by atoms with van der Waals surface area (Å²) in [7, 11) is 4.06. The van der Waals surface area contributed by atoms with Gasteiger partial charge < -0.3 is 15.3 Å². The topological polar surface area (TPSA) is 35.5 Å². The molecule has 2 rings (SSSR count). The molecule has 4 heteroatoms. The Hall–Kier alpha value is -1.52. The van der Waals surface area contributed by atoms with E-state index in [2.05, 4.69) is 50.4 Å². The third-order valence-electron chi connectivity index (χ3n) is 3.17. The number of hydrogen-bond acceptors (Lipinski definition) is 3. The molecule has 0 aliphatic rings. The van der Waals surface area contributed by atoms with E-state index in [4.69, 9.17) is 0 Å². The Kier molecular flexibility index (Phi) is 5.04. The van der Waals surface area contributed by atoms with E-state index in [0.717, 1.165) is 16.6 Å². The SMILES string of the molecule is CN(C)c1ccc(CNCc2cccc(Br)c2O)cc1. The van der Waals surface area contributed by atoms with Crippen molar-refractivity contribution in [3.05, 3.63) is 58.1 Å². The van der Waals surface area contributed by atoms with E-state index in [1.54, 1.807) is 0 Å². The van der Waals surface area contributed by atoms with Crippen LogP contribution in [0.5, 0.6) is 5.75 Å². The summed E-state index contributed by atoms with van der Waals surface area (Å²) in [6, 6.07) is 14.1. The van der Waals surface area contributed by atoms with Crippen molar-refractivity contribution in [2.75, 3.05) is 19.0 Å². The smallest absolute Gasteiger partial charge is 0.134 e. The summed E-state index contributed by atoms with van der Waals surface area (Å²) >= 11 is 3.32. The first kappa shape index (κ1) is 14.9. The fourth-order valence-electron chi connectivity index (χ4n) is 1.96. The van der Waals surface area contributed by atoms with E-state index in [0.29, 0.717) is 12.3 Å². The summed E-state index contributed by atoms with van der Waals surface area (Å²) in [5.41, 5.74) is 3.31. The van der Waals surface area contributed by atoms with Crippen molar-refractivity contribution in [3.63, 3.8) is 0 Å². The molecule has 0 bridgehead atoms. The minimum atomic E-state index is 0.308. The van der Waals surface area contributed by atoms with Crippen molar-refractivity contribution >= 4 is 21.6 Å². The lowest BCUT2D eigenvalue weighted by Crippen LogP contribution is -2.13. The molecule has 106 valence electrons. The predicted octanol–water partition coefficient (Wildman–Crippen LogP) is 3.51. The molecule has 2 N–H and O–H groups in total. The van der Waals surface area contributed by atoms with Crippen LogP contribution in [0.3, 0.4) is 0 Å². The molecule has 3 nitrogen and oxygen atoms in total. The molecule has 2 aromatic carbocycles. The van der Waals surface area contributed by atoms with Gasteiger partial charge in [-0.25, -0.2) is 0 Å². The maximum atomic E-state index is 9.90. The normalized spacial score (nSPS) is 10.6. The lowest BCUT2D eigenvalue weighted by Gasteiger charge is -2.13. The first-order chi connectivity index (χ1) is 9.58. The van der Waals surface area contributed by atoms with Crippen LogP contribution in [0, 0.1) is 0 Å². The summed E-state index contributed by atoms with van der Waals surface area (Å²) in [6.07, 6.45) is 0. The van der Waals surface area contributed by atoms with Gasteiger partial charge >= 0.3 is 0 Å². The zero-order valence-electron chi connectivity index (χ0n) is 11.7. The maximum Gasteiger partial charge on any atom is 0.134 e. The lowest BCUT2D eigenvalue weighted by molar-refractivity contribution is 0.461. The van der Waals surface area contributed by atoms with Crippen LogP contribution in [0.2, 0.25) is 0 Å². The van der Waals surface area contributed by atoms with Crippen LogP contribution in [0.4, 0.5) is 5.69 Å². The fourth-order valence-corrected chi connectivity index (χ4v) is 2.36. The van der Waals surface area contributed by atoms with Crippen LogP contribution in [0.15, 0.2) is 46.9 Å². The van der Waals surface area contributed by atoms with Gasteiger partial charge in [-0.05, 0) is 39.7 Å². The minimum absolute atomic E-state index is 0.308. The first-order valence-corrected chi connectivity index (χ1v) is 7.30. The third-order valence-corrected chi connectivity index (χ3v) is 3.81. The Bertz CT molecular complexity index is 567. The highest BCUT2D eigenvalue weighted by molar-refractivity contribution is 9.10. The number of halogens is 1. The number of nitrogens with zero attached hydrogens (tertiary/aromatic N) is 1. The summed E-state index contributed by atoms with van der Waals surface area (Å²) < 4.78 is 0.729. The van der Waals surface area contributed by atoms with E-state index in [9.17, 15) is 5.11 Å². The van der Waals surface area contributed by atoms with Crippen LogP contribution >= 0.6 is 15.9 Å². The van der Waals surface area contributed by atoms with Gasteiger partial charge in [0.25, 0.3) is 0 Å². The molecule has 0 heterocycles. The Morgan fingerprint density at radius 1 is 1.05 bits per heavy atom. The fraction of sp³-hybridized carbons (Fsp3) is 0.250. The summed E-state index contributed by atoms with van der Waals surface area (Å²) in [4.78, 5) is 2.08. The Morgan fingerprint density at radius 3 is 2.40 bits per heavy atom. The van der Waals surface area contributed by atoms with Crippen molar-refractivity contribution in [3.8, 4) is 5.75 Å². The molecule has 0 radical (unpaired) electrons. The number of phenolic OH excluding ortho intramolecular Hbond substituents is 1. The van der Waals surface area contributed by atoms with Crippen molar-refractivity contribution in [1.29, 1.82) is 0 Å². The quantitative estimate of drug-likeness (QED) is 0.878. The van der Waals surface area contributed by atoms with E-state index in [-0.39, 0.29) is 0 Å². The zero-order chi connectivity index (χ0) is 14.5. The molecule has 0 aliphatic heterocycles. The minimum Gasteiger partial charge on any atom is -0.506 e. The number of aromatic hydroxyl groups is 1. The molecule has 0 aliphatic carbocycles. The largest absolute Gasteiger partial charge is 0.506 e. The zero-order valence-corrected chi connectivity index (χ0v) is 13.3. The summed E-state index contributed by atoms with van der Waals surface area (Å²) in [5.74, 6) is 0.308. The summed E-state index contributed by atoms with van der Waals surface area (Å²) in [5, 5.41) is 13.2. The highest BCUT2D eigenvalue weighted by atomic mass is 79.9. The average Bonchev–Trinajstić information content (AvgIpc) is 2.44. The molecule has 0 amide bonds. The van der Waals surface area contributed by atoms with E-state index >= 15 is 0 Å². The number of rotatable bonds is 5. The number of phenols is 1. The van der Waals surface area contributed by atoms with Crippen LogP contribution in [0.1, 0.15) is 11.1 Å². The van der Waals surface area contributed by atoms with Gasteiger partial charge in [0, 0.05) is 38.4 Å². The van der Waals surface area contributed by atoms with Gasteiger partial charge in [-0.2, -0.15) is 0 Å². The molecule has 0 unspecified atom stereocenters. The highest BCUT2D eigenvalue weighted by Crippen LogP contribution is 2.27. The number of nitrogens with one attached hydrogen (secondary N) is 1. The monoisotopic (exact) mass is 334 g/mol. The first-order valence-electron chi connectivity index (χ1n) is 6.51. The molecule has 20 heavy (non-hydrogen) atoms. The van der Waals surface area contributed by atoms with Crippen molar-refractivity contribution < 1.29 is 5.11 Å². The van der Waals surface area contributed by atoms with Gasteiger partial charge in [0.05, 0.1) is 4.47 Å². The molecule has 0 saturated carbocycles. The van der Waals surface area contributed by atoms with Crippen molar-refractivity contribution in [1.82, 2.24) is 5.32 Å². The van der Waals surface area contributed by atoms with Gasteiger partial charge in [-0.15, -0.1) is 0 Å². The molecular formula is C16H19BrN2O. The Labute approximate surface area is 128 Å². The van der Waals surface area contributed by atoms with Crippen LogP contribution in [-0.4, -0.2) is 19.2 Å². The third kappa shape index (κ3) is 3.74. The Balaban J connectivity index is 1.91. The molecule has 0 aromatic heterocycles. The molecule has 2 aromatic rings. The molecule has 0 fully saturated rings. The number of benzene rings is 2. The molecule has 0 saturated heterocycles. The van der Waals surface area contributed by atoms with Gasteiger partial charge in [-0.1, -0.05) is 24.3 Å². The van der Waals surface area contributed by atoms with Gasteiger partial charge in [0.2, 0.25) is 0 Å². The Morgan fingerprint density at radius 2 is 1.75 bits per heavy atom. The second-order valence-corrected chi connectivity index (χ2v) is 5.77. The van der Waals surface area contributed by atoms with Crippen molar-refractivity contribution in [2.24, 2.45) is 0 Å². The maximum absolute atomic E-state index is 9.90. The van der Waals surface area contributed by atoms with Crippen molar-refractivity contribution in [2.45, 2.75) is 13.1 Å². The molecule has 0 spiro atoms. The molecular weight excluding hydrogens is 316 g/mol. The lowest BCUT2D eigenvalue weighted by atomic mass is 10.1. The highest BCUT2D eigenvalue weighted by Gasteiger charge is 2.04. The van der Waals surface area contributed by atoms with E-state index in [1.807, 2.05) is 32.3 Å². The average molecular weight is 335 g/mol. The standard InChI is InChI=1S/C16H19BrN2O/c1-19(2)14-8-6-12(7-9-14)10-18-11-13-4-3-5-15(17)16(13)20/h3-9,18,20H,10-11H2,1-2H3. The van der Waals surface area contributed by atoms with Gasteiger partial charge in [0.15, 0.2) is 0 Å². The number of para-hydroxylation sites is 1.